The first-order chi connectivity index (χ1) is 12.1. The number of fused-ring (bicyclic) bond motifs is 1. The molecule has 130 valence electrons. The number of hydrogen-bond donors (Lipinski definition) is 3. The molecule has 0 aromatic carbocycles. The average Bonchev–Trinajstić information content (AvgIpc) is 3.00. The SMILES string of the molecule is CCNC(=O)CCNc1nc(-c2c[nH]c3ncc(Cl)cc23)ncc1F. The lowest BCUT2D eigenvalue weighted by atomic mass is 10.2. The predicted octanol–water partition coefficient (Wildman–Crippen LogP) is 2.75. The summed E-state index contributed by atoms with van der Waals surface area (Å²) in [6.07, 6.45) is 4.54. The van der Waals surface area contributed by atoms with E-state index >= 15 is 0 Å². The van der Waals surface area contributed by atoms with Gasteiger partial charge in [-0.1, -0.05) is 11.6 Å². The molecule has 0 bridgehead atoms. The fourth-order valence-corrected chi connectivity index (χ4v) is 2.52. The van der Waals surface area contributed by atoms with E-state index in [1.807, 2.05) is 6.92 Å². The maximum absolute atomic E-state index is 13.9. The Morgan fingerprint density at radius 1 is 1.36 bits per heavy atom. The fourth-order valence-electron chi connectivity index (χ4n) is 2.36. The average molecular weight is 363 g/mol. The van der Waals surface area contributed by atoms with E-state index in [0.717, 1.165) is 11.6 Å². The van der Waals surface area contributed by atoms with E-state index in [1.165, 1.54) is 6.20 Å². The van der Waals surface area contributed by atoms with Crippen LogP contribution in [0.15, 0.2) is 24.7 Å². The highest BCUT2D eigenvalue weighted by Crippen LogP contribution is 2.28. The molecule has 0 radical (unpaired) electrons. The number of carbonyl (C=O) groups is 1. The third kappa shape index (κ3) is 3.85. The summed E-state index contributed by atoms with van der Waals surface area (Å²) >= 11 is 5.99. The van der Waals surface area contributed by atoms with E-state index in [2.05, 4.69) is 30.6 Å². The van der Waals surface area contributed by atoms with Crippen molar-refractivity contribution >= 4 is 34.4 Å². The zero-order chi connectivity index (χ0) is 17.8. The normalized spacial score (nSPS) is 10.8. The lowest BCUT2D eigenvalue weighted by Crippen LogP contribution is -2.25. The van der Waals surface area contributed by atoms with E-state index in [9.17, 15) is 9.18 Å². The highest BCUT2D eigenvalue weighted by atomic mass is 35.5. The first-order valence-electron chi connectivity index (χ1n) is 7.74. The highest BCUT2D eigenvalue weighted by Gasteiger charge is 2.13. The highest BCUT2D eigenvalue weighted by molar-refractivity contribution is 6.31. The van der Waals surface area contributed by atoms with E-state index in [1.54, 1.807) is 12.3 Å². The maximum atomic E-state index is 13.9. The van der Waals surface area contributed by atoms with Gasteiger partial charge in [-0.3, -0.25) is 4.79 Å². The number of amides is 1. The molecule has 0 spiro atoms. The number of H-pyrrole nitrogens is 1. The first kappa shape index (κ1) is 17.1. The van der Waals surface area contributed by atoms with Gasteiger partial charge in [-0.15, -0.1) is 0 Å². The molecule has 0 aliphatic heterocycles. The van der Waals surface area contributed by atoms with Crippen LogP contribution in [0, 0.1) is 5.82 Å². The molecule has 3 N–H and O–H groups in total. The maximum Gasteiger partial charge on any atom is 0.221 e. The van der Waals surface area contributed by atoms with Crippen LogP contribution in [0.4, 0.5) is 10.2 Å². The number of anilines is 1. The van der Waals surface area contributed by atoms with Crippen molar-refractivity contribution < 1.29 is 9.18 Å². The van der Waals surface area contributed by atoms with Gasteiger partial charge in [0.1, 0.15) is 5.65 Å². The van der Waals surface area contributed by atoms with Crippen LogP contribution in [-0.2, 0) is 4.79 Å². The standard InChI is InChI=1S/C16H16ClFN6O/c1-2-19-13(25)3-4-20-16-12(18)8-23-15(24-16)11-7-22-14-10(11)5-9(17)6-21-14/h5-8H,2-4H2,1H3,(H,19,25)(H,21,22)(H,20,23,24). The van der Waals surface area contributed by atoms with Gasteiger partial charge in [0, 0.05) is 42.9 Å². The van der Waals surface area contributed by atoms with Crippen LogP contribution in [0.5, 0.6) is 0 Å². The van der Waals surface area contributed by atoms with Crippen molar-refractivity contribution in [1.29, 1.82) is 0 Å². The molecule has 9 heteroatoms. The number of nitrogens with zero attached hydrogens (tertiary/aromatic N) is 3. The molecule has 3 rings (SSSR count). The van der Waals surface area contributed by atoms with Crippen LogP contribution in [-0.4, -0.2) is 38.9 Å². The van der Waals surface area contributed by atoms with Gasteiger partial charge in [0.2, 0.25) is 5.91 Å². The van der Waals surface area contributed by atoms with Gasteiger partial charge in [-0.2, -0.15) is 0 Å². The Kier molecular flexibility index (Phi) is 5.08. The number of halogens is 2. The second-order valence-electron chi connectivity index (χ2n) is 5.27. The Balaban J connectivity index is 1.83. The van der Waals surface area contributed by atoms with Gasteiger partial charge in [0.05, 0.1) is 11.2 Å². The minimum Gasteiger partial charge on any atom is -0.367 e. The molecule has 0 saturated heterocycles. The molecule has 3 aromatic rings. The number of rotatable bonds is 6. The summed E-state index contributed by atoms with van der Waals surface area (Å²) in [7, 11) is 0. The monoisotopic (exact) mass is 362 g/mol. The van der Waals surface area contributed by atoms with E-state index in [0.29, 0.717) is 28.6 Å². The number of carbonyl (C=O) groups excluding carboxylic acids is 1. The quantitative estimate of drug-likeness (QED) is 0.626. The summed E-state index contributed by atoms with van der Waals surface area (Å²) in [6.45, 7) is 2.66. The van der Waals surface area contributed by atoms with Crippen LogP contribution in [0.2, 0.25) is 5.02 Å². The van der Waals surface area contributed by atoms with Crippen molar-refractivity contribution in [3.63, 3.8) is 0 Å². The van der Waals surface area contributed by atoms with Gasteiger partial charge in [0.25, 0.3) is 0 Å². The van der Waals surface area contributed by atoms with Crippen LogP contribution >= 0.6 is 11.6 Å². The third-order valence-electron chi connectivity index (χ3n) is 3.50. The Labute approximate surface area is 148 Å². The van der Waals surface area contributed by atoms with E-state index in [-0.39, 0.29) is 24.7 Å². The van der Waals surface area contributed by atoms with Crippen molar-refractivity contribution in [3.05, 3.63) is 35.5 Å². The molecule has 25 heavy (non-hydrogen) atoms. The van der Waals surface area contributed by atoms with Gasteiger partial charge in [0.15, 0.2) is 17.5 Å². The summed E-state index contributed by atoms with van der Waals surface area (Å²) in [5, 5.41) is 6.73. The number of aromatic amines is 1. The minimum atomic E-state index is -0.587. The number of hydrogen-bond acceptors (Lipinski definition) is 5. The van der Waals surface area contributed by atoms with Crippen molar-refractivity contribution in [2.45, 2.75) is 13.3 Å². The van der Waals surface area contributed by atoms with Crippen LogP contribution in [0.25, 0.3) is 22.4 Å². The molecule has 0 atom stereocenters. The molecular weight excluding hydrogens is 347 g/mol. The Bertz CT molecular complexity index is 913. The van der Waals surface area contributed by atoms with E-state index < -0.39 is 5.82 Å². The summed E-state index contributed by atoms with van der Waals surface area (Å²) in [5.41, 5.74) is 1.30. The minimum absolute atomic E-state index is 0.0404. The fraction of sp³-hybridized carbons (Fsp3) is 0.250. The zero-order valence-corrected chi connectivity index (χ0v) is 14.2. The van der Waals surface area contributed by atoms with Crippen LogP contribution in [0.1, 0.15) is 13.3 Å². The molecule has 0 fully saturated rings. The van der Waals surface area contributed by atoms with Crippen molar-refractivity contribution in [1.82, 2.24) is 25.3 Å². The van der Waals surface area contributed by atoms with E-state index in [4.69, 9.17) is 11.6 Å². The Hall–Kier alpha value is -2.74. The van der Waals surface area contributed by atoms with Crippen molar-refractivity contribution in [2.75, 3.05) is 18.4 Å². The molecule has 0 saturated carbocycles. The van der Waals surface area contributed by atoms with Gasteiger partial charge in [-0.05, 0) is 13.0 Å². The Morgan fingerprint density at radius 2 is 2.20 bits per heavy atom. The molecule has 0 unspecified atom stereocenters. The molecule has 0 aliphatic rings. The second kappa shape index (κ2) is 7.43. The van der Waals surface area contributed by atoms with Crippen molar-refractivity contribution in [3.8, 4) is 11.4 Å². The second-order valence-corrected chi connectivity index (χ2v) is 5.71. The number of aromatic nitrogens is 4. The molecular formula is C16H16ClFN6O. The molecule has 3 aromatic heterocycles. The number of pyridine rings is 1. The summed E-state index contributed by atoms with van der Waals surface area (Å²) in [4.78, 5) is 26.9. The first-order valence-corrected chi connectivity index (χ1v) is 8.12. The van der Waals surface area contributed by atoms with Crippen molar-refractivity contribution in [2.24, 2.45) is 0 Å². The van der Waals surface area contributed by atoms with Crippen LogP contribution in [0.3, 0.4) is 0 Å². The topological polar surface area (TPSA) is 95.6 Å². The summed E-state index contributed by atoms with van der Waals surface area (Å²) in [6, 6.07) is 1.74. The molecule has 1 amide bonds. The summed E-state index contributed by atoms with van der Waals surface area (Å²) in [5.74, 6) is -0.325. The zero-order valence-electron chi connectivity index (χ0n) is 13.4. The smallest absolute Gasteiger partial charge is 0.221 e. The number of nitrogens with one attached hydrogen (secondary N) is 3. The predicted molar refractivity (Wildman–Crippen MR) is 93.9 cm³/mol. The van der Waals surface area contributed by atoms with Crippen LogP contribution < -0.4 is 10.6 Å². The van der Waals surface area contributed by atoms with Gasteiger partial charge >= 0.3 is 0 Å². The Morgan fingerprint density at radius 3 is 3.00 bits per heavy atom. The largest absolute Gasteiger partial charge is 0.367 e. The molecule has 0 aliphatic carbocycles. The lowest BCUT2D eigenvalue weighted by molar-refractivity contribution is -0.120. The lowest BCUT2D eigenvalue weighted by Gasteiger charge is -2.08. The third-order valence-corrected chi connectivity index (χ3v) is 3.71. The molecule has 3 heterocycles. The molecule has 7 nitrogen and oxygen atoms in total. The van der Waals surface area contributed by atoms with Gasteiger partial charge in [-0.25, -0.2) is 19.3 Å². The summed E-state index contributed by atoms with van der Waals surface area (Å²) < 4.78 is 13.9. The van der Waals surface area contributed by atoms with Gasteiger partial charge < -0.3 is 15.6 Å².